The summed E-state index contributed by atoms with van der Waals surface area (Å²) >= 11 is 0.247. The van der Waals surface area contributed by atoms with Gasteiger partial charge in [-0.25, -0.2) is 0 Å². The van der Waals surface area contributed by atoms with Crippen LogP contribution in [0.2, 0.25) is 5.32 Å². The van der Waals surface area contributed by atoms with Gasteiger partial charge in [0.1, 0.15) is 0 Å². The molecule has 5 heteroatoms. The Morgan fingerprint density at radius 1 is 1.58 bits per heavy atom. The zero-order valence-corrected chi connectivity index (χ0v) is 8.29. The second-order valence-corrected chi connectivity index (χ2v) is 4.54. The van der Waals surface area contributed by atoms with Gasteiger partial charge in [-0.05, 0) is 0 Å². The van der Waals surface area contributed by atoms with Crippen LogP contribution in [0.5, 0.6) is 0 Å². The van der Waals surface area contributed by atoms with Crippen molar-refractivity contribution in [3.8, 4) is 0 Å². The molecule has 0 atom stereocenters. The summed E-state index contributed by atoms with van der Waals surface area (Å²) in [6, 6.07) is 0. The molecule has 1 aliphatic rings. The van der Waals surface area contributed by atoms with Crippen molar-refractivity contribution in [1.29, 1.82) is 0 Å². The molecular formula is C7H7N3OSe. The molecule has 1 aliphatic heterocycles. The summed E-state index contributed by atoms with van der Waals surface area (Å²) in [7, 11) is 0. The minimum absolute atomic E-state index is 0.0654. The zero-order valence-electron chi connectivity index (χ0n) is 6.57. The summed E-state index contributed by atoms with van der Waals surface area (Å²) in [5.74, 6) is 0. The van der Waals surface area contributed by atoms with Crippen LogP contribution >= 0.6 is 0 Å². The maximum absolute atomic E-state index is 11.5. The van der Waals surface area contributed by atoms with E-state index >= 15 is 0 Å². The molecule has 62 valence electrons. The fourth-order valence-corrected chi connectivity index (χ4v) is 2.85. The van der Waals surface area contributed by atoms with Gasteiger partial charge < -0.3 is 0 Å². The first-order valence-electron chi connectivity index (χ1n) is 3.47. The van der Waals surface area contributed by atoms with Crippen LogP contribution in [-0.2, 0) is 0 Å². The van der Waals surface area contributed by atoms with E-state index in [1.165, 1.54) is 0 Å². The normalized spacial score (nSPS) is 14.9. The van der Waals surface area contributed by atoms with Crippen LogP contribution in [0.25, 0.3) is 5.70 Å². The summed E-state index contributed by atoms with van der Waals surface area (Å²) in [5.41, 5.74) is 1.23. The molecule has 0 bridgehead atoms. The number of hydrogen-bond acceptors (Lipinski definition) is 3. The van der Waals surface area contributed by atoms with Crippen LogP contribution < -0.4 is 10.3 Å². The molecule has 0 N–H and O–H groups in total. The zero-order chi connectivity index (χ0) is 8.72. The van der Waals surface area contributed by atoms with Crippen LogP contribution in [0.3, 0.4) is 0 Å². The first-order valence-corrected chi connectivity index (χ1v) is 5.54. The number of aromatic nitrogens is 3. The number of fused-ring (bicyclic) bond motifs is 1. The average Bonchev–Trinajstić information content (AvgIpc) is 2.41. The summed E-state index contributed by atoms with van der Waals surface area (Å²) in [4.78, 5) is 11.5. The molecule has 0 aliphatic carbocycles. The number of aryl methyl sites for hydroxylation is 1. The van der Waals surface area contributed by atoms with Gasteiger partial charge in [-0.15, -0.1) is 0 Å². The Balaban J connectivity index is 2.80. The molecule has 12 heavy (non-hydrogen) atoms. The molecule has 0 spiro atoms. The van der Waals surface area contributed by atoms with Crippen molar-refractivity contribution in [1.82, 2.24) is 14.8 Å². The summed E-state index contributed by atoms with van der Waals surface area (Å²) < 4.78 is 2.38. The summed E-state index contributed by atoms with van der Waals surface area (Å²) in [6.07, 6.45) is 0. The van der Waals surface area contributed by atoms with E-state index in [2.05, 4.69) is 16.8 Å². The van der Waals surface area contributed by atoms with Crippen LogP contribution in [0, 0.1) is 6.92 Å². The molecule has 1 aromatic rings. The topological polar surface area (TPSA) is 47.8 Å². The average molecular weight is 228 g/mol. The van der Waals surface area contributed by atoms with Gasteiger partial charge in [-0.2, -0.15) is 0 Å². The van der Waals surface area contributed by atoms with E-state index in [4.69, 9.17) is 0 Å². The third-order valence-electron chi connectivity index (χ3n) is 1.67. The molecule has 0 saturated carbocycles. The van der Waals surface area contributed by atoms with E-state index in [-0.39, 0.29) is 20.5 Å². The van der Waals surface area contributed by atoms with E-state index in [0.29, 0.717) is 5.69 Å². The van der Waals surface area contributed by atoms with Gasteiger partial charge in [-0.1, -0.05) is 0 Å². The van der Waals surface area contributed by atoms with Crippen molar-refractivity contribution < 1.29 is 0 Å². The Morgan fingerprint density at radius 3 is 3.08 bits per heavy atom. The van der Waals surface area contributed by atoms with Crippen molar-refractivity contribution in [2.45, 2.75) is 12.2 Å². The predicted molar refractivity (Wildman–Crippen MR) is 46.6 cm³/mol. The third-order valence-corrected chi connectivity index (χ3v) is 3.77. The molecule has 0 aromatic carbocycles. The number of allylic oxidation sites excluding steroid dienone is 1. The molecular weight excluding hydrogens is 221 g/mol. The van der Waals surface area contributed by atoms with E-state index in [9.17, 15) is 4.79 Å². The van der Waals surface area contributed by atoms with Gasteiger partial charge in [0.2, 0.25) is 0 Å². The molecule has 0 fully saturated rings. The second-order valence-electron chi connectivity index (χ2n) is 2.56. The number of hydrogen-bond donors (Lipinski definition) is 0. The fraction of sp³-hybridized carbons (Fsp3) is 0.286. The van der Waals surface area contributed by atoms with Gasteiger partial charge in [0.15, 0.2) is 0 Å². The first kappa shape index (κ1) is 7.70. The summed E-state index contributed by atoms with van der Waals surface area (Å²) in [6.45, 7) is 5.48. The third kappa shape index (κ3) is 0.940. The predicted octanol–water partition coefficient (Wildman–Crippen LogP) is -0.821. The molecule has 4 nitrogen and oxygen atoms in total. The van der Waals surface area contributed by atoms with Crippen LogP contribution in [0.15, 0.2) is 11.4 Å². The van der Waals surface area contributed by atoms with Crippen molar-refractivity contribution in [3.63, 3.8) is 0 Å². The summed E-state index contributed by atoms with van der Waals surface area (Å²) in [5, 5.41) is 8.60. The van der Waals surface area contributed by atoms with E-state index in [0.717, 1.165) is 15.7 Å². The molecule has 2 rings (SSSR count). The molecule has 2 heterocycles. The van der Waals surface area contributed by atoms with Crippen molar-refractivity contribution in [3.05, 3.63) is 22.6 Å². The van der Waals surface area contributed by atoms with Crippen LogP contribution in [-0.4, -0.2) is 29.7 Å². The van der Waals surface area contributed by atoms with E-state index in [1.54, 1.807) is 11.5 Å². The van der Waals surface area contributed by atoms with Crippen molar-refractivity contribution in [2.24, 2.45) is 0 Å². The van der Waals surface area contributed by atoms with E-state index in [1.807, 2.05) is 0 Å². The Hall–Kier alpha value is -0.931. The van der Waals surface area contributed by atoms with Gasteiger partial charge >= 0.3 is 75.0 Å². The van der Waals surface area contributed by atoms with E-state index < -0.39 is 0 Å². The molecule has 1 aromatic heterocycles. The fourth-order valence-electron chi connectivity index (χ4n) is 1.04. The monoisotopic (exact) mass is 229 g/mol. The Bertz CT molecular complexity index is 410. The van der Waals surface area contributed by atoms with Gasteiger partial charge in [-0.3, -0.25) is 0 Å². The minimum atomic E-state index is -0.0654. The van der Waals surface area contributed by atoms with Gasteiger partial charge in [0.05, 0.1) is 0 Å². The SMILES string of the molecule is C=C1C[Se]c2nnc(C)c(=O)n21. The number of rotatable bonds is 0. The van der Waals surface area contributed by atoms with Crippen LogP contribution in [0.4, 0.5) is 0 Å². The molecule has 0 radical (unpaired) electrons. The standard InChI is InChI=1S/C7H7N3OSe/c1-4-3-12-7-9-8-5(2)6(11)10(4)7/h1,3H2,2H3. The second kappa shape index (κ2) is 2.54. The quantitative estimate of drug-likeness (QED) is 0.545. The van der Waals surface area contributed by atoms with Crippen LogP contribution in [0.1, 0.15) is 5.69 Å². The number of nitrogens with zero attached hydrogens (tertiary/aromatic N) is 3. The Labute approximate surface area is 75.5 Å². The molecule has 0 unspecified atom stereocenters. The first-order chi connectivity index (χ1) is 5.70. The Morgan fingerprint density at radius 2 is 2.33 bits per heavy atom. The van der Waals surface area contributed by atoms with Crippen molar-refractivity contribution >= 4 is 25.4 Å². The van der Waals surface area contributed by atoms with Crippen molar-refractivity contribution in [2.75, 3.05) is 0 Å². The maximum atomic E-state index is 11.5. The molecule has 0 amide bonds. The van der Waals surface area contributed by atoms with Gasteiger partial charge in [0, 0.05) is 0 Å². The van der Waals surface area contributed by atoms with Gasteiger partial charge in [0.25, 0.3) is 0 Å². The molecule has 0 saturated heterocycles. The Kier molecular flexibility index (Phi) is 1.63.